The summed E-state index contributed by atoms with van der Waals surface area (Å²) >= 11 is 0. The number of ether oxygens (including phenoxy) is 3. The van der Waals surface area contributed by atoms with Crippen LogP contribution >= 0.6 is 0 Å². The largest absolute Gasteiger partial charge is 0.497 e. The van der Waals surface area contributed by atoms with Crippen molar-refractivity contribution < 1.29 is 28.7 Å². The Hall–Kier alpha value is -4.20. The van der Waals surface area contributed by atoms with Crippen LogP contribution in [-0.4, -0.2) is 30.4 Å². The molecule has 3 aromatic rings. The van der Waals surface area contributed by atoms with Gasteiger partial charge in [0.1, 0.15) is 17.2 Å². The molecule has 0 fully saturated rings. The Balaban J connectivity index is 1.55. The first-order chi connectivity index (χ1) is 14.5. The van der Waals surface area contributed by atoms with Gasteiger partial charge in [-0.3, -0.25) is 14.9 Å². The maximum atomic E-state index is 12.2. The van der Waals surface area contributed by atoms with E-state index in [2.05, 4.69) is 0 Å². The molecule has 0 unspecified atom stereocenters. The van der Waals surface area contributed by atoms with E-state index in [0.29, 0.717) is 28.4 Å². The maximum absolute atomic E-state index is 12.2. The number of hydrogen-bond acceptors (Lipinski definition) is 7. The second kappa shape index (κ2) is 9.33. The number of hydrogen-bond donors (Lipinski definition) is 0. The lowest BCUT2D eigenvalue weighted by Crippen LogP contribution is -2.14. The Morgan fingerprint density at radius 3 is 1.83 bits per heavy atom. The van der Waals surface area contributed by atoms with Crippen molar-refractivity contribution in [1.29, 1.82) is 0 Å². The van der Waals surface area contributed by atoms with Crippen LogP contribution in [0.1, 0.15) is 20.7 Å². The molecule has 152 valence electrons. The Labute approximate surface area is 171 Å². The van der Waals surface area contributed by atoms with Crippen LogP contribution in [0.3, 0.4) is 0 Å². The van der Waals surface area contributed by atoms with Gasteiger partial charge in [0, 0.05) is 17.7 Å². The lowest BCUT2D eigenvalue weighted by Gasteiger charge is -2.07. The zero-order valence-electron chi connectivity index (χ0n) is 15.9. The highest BCUT2D eigenvalue weighted by molar-refractivity contribution is 5.99. The molecule has 8 nitrogen and oxygen atoms in total. The molecule has 30 heavy (non-hydrogen) atoms. The number of ketones is 1. The molecule has 0 radical (unpaired) electrons. The number of Topliss-reactive ketones (excluding diaryl/α,β-unsaturated/α-hetero) is 1. The van der Waals surface area contributed by atoms with E-state index in [1.165, 1.54) is 31.4 Å². The fourth-order valence-electron chi connectivity index (χ4n) is 2.51. The third-order valence-electron chi connectivity index (χ3n) is 4.12. The Morgan fingerprint density at radius 2 is 1.30 bits per heavy atom. The lowest BCUT2D eigenvalue weighted by atomic mass is 10.1. The van der Waals surface area contributed by atoms with Gasteiger partial charge in [0.25, 0.3) is 5.69 Å². The summed E-state index contributed by atoms with van der Waals surface area (Å²) in [5.74, 6) is 0.519. The zero-order chi connectivity index (χ0) is 21.5. The summed E-state index contributed by atoms with van der Waals surface area (Å²) in [6.07, 6.45) is 0. The number of carbonyl (C=O) groups is 2. The Kier molecular flexibility index (Phi) is 6.39. The van der Waals surface area contributed by atoms with Crippen LogP contribution in [0.15, 0.2) is 72.8 Å². The highest BCUT2D eigenvalue weighted by Crippen LogP contribution is 2.24. The number of carbonyl (C=O) groups excluding carboxylic acids is 2. The van der Waals surface area contributed by atoms with Crippen LogP contribution < -0.4 is 9.47 Å². The summed E-state index contributed by atoms with van der Waals surface area (Å²) in [4.78, 5) is 34.5. The van der Waals surface area contributed by atoms with Crippen LogP contribution in [0, 0.1) is 10.1 Å². The molecule has 0 saturated carbocycles. The smallest absolute Gasteiger partial charge is 0.338 e. The number of benzene rings is 3. The van der Waals surface area contributed by atoms with E-state index in [1.54, 1.807) is 48.5 Å². The van der Waals surface area contributed by atoms with E-state index in [-0.39, 0.29) is 11.5 Å². The monoisotopic (exact) mass is 407 g/mol. The molecule has 3 aromatic carbocycles. The van der Waals surface area contributed by atoms with Crippen molar-refractivity contribution in [1.82, 2.24) is 0 Å². The molecule has 0 heterocycles. The molecule has 8 heteroatoms. The van der Waals surface area contributed by atoms with Crippen molar-refractivity contribution in [3.63, 3.8) is 0 Å². The van der Waals surface area contributed by atoms with Gasteiger partial charge in [0.15, 0.2) is 12.4 Å². The van der Waals surface area contributed by atoms with Gasteiger partial charge in [-0.1, -0.05) is 0 Å². The number of rotatable bonds is 8. The molecular formula is C22H17NO7. The fourth-order valence-corrected chi connectivity index (χ4v) is 2.51. The predicted octanol–water partition coefficient (Wildman–Crippen LogP) is 4.44. The van der Waals surface area contributed by atoms with Crippen LogP contribution in [0.5, 0.6) is 17.2 Å². The molecule has 3 rings (SSSR count). The van der Waals surface area contributed by atoms with Gasteiger partial charge in [-0.25, -0.2) is 4.79 Å². The molecule has 0 aromatic heterocycles. The number of nitro benzene ring substituents is 1. The van der Waals surface area contributed by atoms with Crippen LogP contribution in [0.4, 0.5) is 5.69 Å². The molecule has 0 atom stereocenters. The molecule has 0 saturated heterocycles. The Morgan fingerprint density at radius 1 is 0.800 bits per heavy atom. The van der Waals surface area contributed by atoms with Crippen molar-refractivity contribution in [2.45, 2.75) is 0 Å². The molecule has 0 amide bonds. The fraction of sp³-hybridized carbons (Fsp3) is 0.0909. The predicted molar refractivity (Wildman–Crippen MR) is 107 cm³/mol. The first kappa shape index (κ1) is 20.5. The van der Waals surface area contributed by atoms with E-state index < -0.39 is 17.5 Å². The van der Waals surface area contributed by atoms with Gasteiger partial charge in [0.05, 0.1) is 17.6 Å². The summed E-state index contributed by atoms with van der Waals surface area (Å²) in [5.41, 5.74) is 0.636. The molecule has 0 aliphatic carbocycles. The van der Waals surface area contributed by atoms with Gasteiger partial charge in [0.2, 0.25) is 0 Å². The topological polar surface area (TPSA) is 105 Å². The second-order valence-electron chi connectivity index (χ2n) is 6.11. The summed E-state index contributed by atoms with van der Waals surface area (Å²) in [6, 6.07) is 18.3. The van der Waals surface area contributed by atoms with Crippen LogP contribution in [0.25, 0.3) is 0 Å². The van der Waals surface area contributed by atoms with E-state index >= 15 is 0 Å². The van der Waals surface area contributed by atoms with Crippen molar-refractivity contribution in [2.75, 3.05) is 13.7 Å². The highest BCUT2D eigenvalue weighted by Gasteiger charge is 2.12. The van der Waals surface area contributed by atoms with E-state index in [9.17, 15) is 19.7 Å². The molecule has 0 N–H and O–H groups in total. The van der Waals surface area contributed by atoms with Crippen molar-refractivity contribution in [3.05, 3.63) is 94.0 Å². The number of esters is 1. The van der Waals surface area contributed by atoms with Gasteiger partial charge in [-0.2, -0.15) is 0 Å². The highest BCUT2D eigenvalue weighted by atomic mass is 16.6. The van der Waals surface area contributed by atoms with Crippen molar-refractivity contribution >= 4 is 17.4 Å². The second-order valence-corrected chi connectivity index (χ2v) is 6.11. The summed E-state index contributed by atoms with van der Waals surface area (Å²) in [7, 11) is 1.52. The number of non-ortho nitro benzene ring substituents is 1. The van der Waals surface area contributed by atoms with E-state index in [0.717, 1.165) is 0 Å². The average molecular weight is 407 g/mol. The van der Waals surface area contributed by atoms with Gasteiger partial charge in [-0.15, -0.1) is 0 Å². The minimum absolute atomic E-state index is 0.0347. The molecular weight excluding hydrogens is 390 g/mol. The zero-order valence-corrected chi connectivity index (χ0v) is 15.9. The van der Waals surface area contributed by atoms with Gasteiger partial charge < -0.3 is 14.2 Å². The molecule has 0 aliphatic heterocycles. The number of nitro groups is 1. The van der Waals surface area contributed by atoms with Gasteiger partial charge in [-0.05, 0) is 60.7 Å². The van der Waals surface area contributed by atoms with Crippen molar-refractivity contribution in [2.24, 2.45) is 0 Å². The summed E-state index contributed by atoms with van der Waals surface area (Å²) in [5, 5.41) is 10.7. The van der Waals surface area contributed by atoms with E-state index in [4.69, 9.17) is 14.2 Å². The third kappa shape index (κ3) is 5.20. The number of methoxy groups -OCH3 is 1. The SMILES string of the molecule is COc1ccc(C(=O)OCC(=O)c2ccc(Oc3ccc([N+](=O)[O-])cc3)cc2)cc1. The Bertz CT molecular complexity index is 1040. The summed E-state index contributed by atoms with van der Waals surface area (Å²) in [6.45, 7) is -0.395. The first-order valence-electron chi connectivity index (χ1n) is 8.83. The first-order valence-corrected chi connectivity index (χ1v) is 8.83. The molecule has 0 bridgehead atoms. The quantitative estimate of drug-likeness (QED) is 0.235. The van der Waals surface area contributed by atoms with Crippen molar-refractivity contribution in [3.8, 4) is 17.2 Å². The normalized spacial score (nSPS) is 10.2. The molecule has 0 spiro atoms. The maximum Gasteiger partial charge on any atom is 0.338 e. The third-order valence-corrected chi connectivity index (χ3v) is 4.12. The van der Waals surface area contributed by atoms with Crippen LogP contribution in [0.2, 0.25) is 0 Å². The van der Waals surface area contributed by atoms with Crippen LogP contribution in [-0.2, 0) is 4.74 Å². The average Bonchev–Trinajstić information content (AvgIpc) is 2.78. The minimum Gasteiger partial charge on any atom is -0.497 e. The standard InChI is InChI=1S/C22H17NO7/c1-28-18-8-4-16(5-9-18)22(25)29-14-21(24)15-2-10-19(11-3-15)30-20-12-6-17(7-13-20)23(26)27/h2-13H,14H2,1H3. The minimum atomic E-state index is -0.607. The molecule has 0 aliphatic rings. The van der Waals surface area contributed by atoms with E-state index in [1.807, 2.05) is 0 Å². The lowest BCUT2D eigenvalue weighted by molar-refractivity contribution is -0.384. The van der Waals surface area contributed by atoms with Gasteiger partial charge >= 0.3 is 5.97 Å². The number of nitrogens with zero attached hydrogens (tertiary/aromatic N) is 1. The summed E-state index contributed by atoms with van der Waals surface area (Å²) < 4.78 is 15.7.